The highest BCUT2D eigenvalue weighted by molar-refractivity contribution is 6.31. The summed E-state index contributed by atoms with van der Waals surface area (Å²) in [5.41, 5.74) is 4.96. The Bertz CT molecular complexity index is 1120. The van der Waals surface area contributed by atoms with Crippen molar-refractivity contribution in [2.24, 2.45) is 0 Å². The Balaban J connectivity index is 1.96. The molecular formula is C23H24ClN3O2. The van der Waals surface area contributed by atoms with Gasteiger partial charge in [-0.05, 0) is 62.6 Å². The number of rotatable bonds is 5. The predicted molar refractivity (Wildman–Crippen MR) is 118 cm³/mol. The summed E-state index contributed by atoms with van der Waals surface area (Å²) in [5, 5.41) is 7.94. The van der Waals surface area contributed by atoms with Gasteiger partial charge in [-0.1, -0.05) is 42.3 Å². The summed E-state index contributed by atoms with van der Waals surface area (Å²) < 4.78 is 1.27. The average Bonchev–Trinajstić information content (AvgIpc) is 2.69. The monoisotopic (exact) mass is 409 g/mol. The number of anilines is 1. The molecule has 0 fully saturated rings. The fourth-order valence-electron chi connectivity index (χ4n) is 3.17. The van der Waals surface area contributed by atoms with E-state index in [1.807, 2.05) is 52.0 Å². The zero-order valence-electron chi connectivity index (χ0n) is 17.0. The molecule has 2 aromatic carbocycles. The molecule has 1 atom stereocenters. The number of hydrogen-bond donors (Lipinski definition) is 1. The first-order valence-corrected chi connectivity index (χ1v) is 9.92. The minimum absolute atomic E-state index is 0.305. The number of aromatic nitrogens is 2. The molecule has 1 heterocycles. The maximum Gasteiger partial charge on any atom is 0.267 e. The molecule has 0 saturated heterocycles. The van der Waals surface area contributed by atoms with Crippen LogP contribution in [0.2, 0.25) is 5.02 Å². The Morgan fingerprint density at radius 2 is 1.79 bits per heavy atom. The molecule has 150 valence electrons. The lowest BCUT2D eigenvalue weighted by Gasteiger charge is -2.18. The second-order valence-corrected chi connectivity index (χ2v) is 7.60. The fourth-order valence-corrected chi connectivity index (χ4v) is 3.35. The van der Waals surface area contributed by atoms with Crippen molar-refractivity contribution in [2.45, 2.75) is 40.2 Å². The summed E-state index contributed by atoms with van der Waals surface area (Å²) in [6.45, 7) is 7.75. The van der Waals surface area contributed by atoms with E-state index in [-0.39, 0.29) is 11.5 Å². The van der Waals surface area contributed by atoms with Crippen LogP contribution in [0.4, 0.5) is 5.69 Å². The number of nitrogens with zero attached hydrogens (tertiary/aromatic N) is 2. The van der Waals surface area contributed by atoms with Crippen LogP contribution in [0.5, 0.6) is 0 Å². The van der Waals surface area contributed by atoms with Gasteiger partial charge in [0.2, 0.25) is 5.91 Å². The van der Waals surface area contributed by atoms with E-state index >= 15 is 0 Å². The van der Waals surface area contributed by atoms with E-state index in [0.29, 0.717) is 22.8 Å². The van der Waals surface area contributed by atoms with Crippen molar-refractivity contribution in [1.82, 2.24) is 9.78 Å². The molecule has 3 rings (SSSR count). The largest absolute Gasteiger partial charge is 0.324 e. The summed E-state index contributed by atoms with van der Waals surface area (Å²) in [6.07, 6.45) is 0.425. The SMILES string of the molecule is CCC(C(=O)Nc1ccc(C)c(Cl)c1)n1nc(-c2cc(C)ccc2C)ccc1=O. The molecule has 0 saturated carbocycles. The maximum atomic E-state index is 12.9. The van der Waals surface area contributed by atoms with Gasteiger partial charge >= 0.3 is 0 Å². The van der Waals surface area contributed by atoms with Crippen molar-refractivity contribution in [1.29, 1.82) is 0 Å². The number of hydrogen-bond acceptors (Lipinski definition) is 3. The standard InChI is InChI=1S/C23H24ClN3O2/c1-5-21(23(29)25-17-9-8-16(4)19(24)13-17)27-22(28)11-10-20(26-27)18-12-14(2)6-7-15(18)3/h6-13,21H,5H2,1-4H3,(H,25,29). The van der Waals surface area contributed by atoms with Gasteiger partial charge in [-0.25, -0.2) is 4.68 Å². The second-order valence-electron chi connectivity index (χ2n) is 7.20. The first-order valence-electron chi connectivity index (χ1n) is 9.54. The molecule has 0 aliphatic carbocycles. The van der Waals surface area contributed by atoms with Gasteiger partial charge in [-0.15, -0.1) is 0 Å². The summed E-state index contributed by atoms with van der Waals surface area (Å²) >= 11 is 6.15. The normalized spacial score (nSPS) is 11.9. The lowest BCUT2D eigenvalue weighted by Crippen LogP contribution is -2.34. The third-order valence-corrected chi connectivity index (χ3v) is 5.33. The average molecular weight is 410 g/mol. The zero-order valence-corrected chi connectivity index (χ0v) is 17.7. The van der Waals surface area contributed by atoms with E-state index in [9.17, 15) is 9.59 Å². The number of halogens is 1. The minimum Gasteiger partial charge on any atom is -0.324 e. The van der Waals surface area contributed by atoms with Crippen molar-refractivity contribution in [3.63, 3.8) is 0 Å². The van der Waals surface area contributed by atoms with Crippen molar-refractivity contribution >= 4 is 23.2 Å². The molecule has 0 spiro atoms. The van der Waals surface area contributed by atoms with Crippen molar-refractivity contribution in [3.05, 3.63) is 80.6 Å². The number of nitrogens with one attached hydrogen (secondary N) is 1. The highest BCUT2D eigenvalue weighted by Gasteiger charge is 2.22. The molecule has 0 aliphatic heterocycles. The smallest absolute Gasteiger partial charge is 0.267 e. The zero-order chi connectivity index (χ0) is 21.1. The van der Waals surface area contributed by atoms with Crippen molar-refractivity contribution in [3.8, 4) is 11.3 Å². The van der Waals surface area contributed by atoms with Crippen LogP contribution < -0.4 is 10.9 Å². The van der Waals surface area contributed by atoms with Gasteiger partial charge in [0.05, 0.1) is 5.69 Å². The topological polar surface area (TPSA) is 64.0 Å². The molecule has 5 nitrogen and oxygen atoms in total. The van der Waals surface area contributed by atoms with Crippen molar-refractivity contribution in [2.75, 3.05) is 5.32 Å². The van der Waals surface area contributed by atoms with E-state index < -0.39 is 6.04 Å². The molecule has 6 heteroatoms. The molecule has 1 aromatic heterocycles. The van der Waals surface area contributed by atoms with Gasteiger partial charge in [0, 0.05) is 22.3 Å². The van der Waals surface area contributed by atoms with E-state index in [0.717, 1.165) is 22.3 Å². The molecular weight excluding hydrogens is 386 g/mol. The lowest BCUT2D eigenvalue weighted by atomic mass is 10.0. The number of carbonyl (C=O) groups is 1. The van der Waals surface area contributed by atoms with Crippen LogP contribution in [-0.2, 0) is 4.79 Å². The number of carbonyl (C=O) groups excluding carboxylic acids is 1. The minimum atomic E-state index is -0.729. The van der Waals surface area contributed by atoms with Gasteiger partial charge in [-0.3, -0.25) is 9.59 Å². The lowest BCUT2D eigenvalue weighted by molar-refractivity contribution is -0.119. The summed E-state index contributed by atoms with van der Waals surface area (Å²) in [4.78, 5) is 25.4. The summed E-state index contributed by atoms with van der Waals surface area (Å²) in [7, 11) is 0. The molecule has 0 aliphatic rings. The molecule has 29 heavy (non-hydrogen) atoms. The molecule has 1 unspecified atom stereocenters. The van der Waals surface area contributed by atoms with E-state index in [1.54, 1.807) is 18.2 Å². The summed E-state index contributed by atoms with van der Waals surface area (Å²) in [5.74, 6) is -0.305. The van der Waals surface area contributed by atoms with Crippen LogP contribution >= 0.6 is 11.6 Å². The highest BCUT2D eigenvalue weighted by atomic mass is 35.5. The Labute approximate surface area is 175 Å². The van der Waals surface area contributed by atoms with Gasteiger partial charge < -0.3 is 5.32 Å². The second kappa shape index (κ2) is 8.62. The first-order chi connectivity index (χ1) is 13.8. The van der Waals surface area contributed by atoms with E-state index in [4.69, 9.17) is 11.6 Å². The molecule has 0 radical (unpaired) electrons. The van der Waals surface area contributed by atoms with Gasteiger partial charge in [0.1, 0.15) is 6.04 Å². The van der Waals surface area contributed by atoms with Crippen LogP contribution in [0.1, 0.15) is 36.1 Å². The third kappa shape index (κ3) is 4.57. The molecule has 1 N–H and O–H groups in total. The Kier molecular flexibility index (Phi) is 6.18. The van der Waals surface area contributed by atoms with Crippen LogP contribution in [0.25, 0.3) is 11.3 Å². The van der Waals surface area contributed by atoms with Gasteiger partial charge in [0.15, 0.2) is 0 Å². The Morgan fingerprint density at radius 3 is 2.48 bits per heavy atom. The van der Waals surface area contributed by atoms with Crippen LogP contribution in [-0.4, -0.2) is 15.7 Å². The number of aryl methyl sites for hydroxylation is 3. The summed E-state index contributed by atoms with van der Waals surface area (Å²) in [6, 6.07) is 13.8. The van der Waals surface area contributed by atoms with Crippen LogP contribution in [0, 0.1) is 20.8 Å². The van der Waals surface area contributed by atoms with E-state index in [2.05, 4.69) is 10.4 Å². The van der Waals surface area contributed by atoms with Crippen LogP contribution in [0.15, 0.2) is 53.3 Å². The maximum absolute atomic E-state index is 12.9. The first kappa shape index (κ1) is 20.8. The molecule has 0 bridgehead atoms. The Hall–Kier alpha value is -2.92. The molecule has 1 amide bonds. The predicted octanol–water partition coefficient (Wildman–Crippen LogP) is 5.08. The van der Waals surface area contributed by atoms with Gasteiger partial charge in [-0.2, -0.15) is 5.10 Å². The fraction of sp³-hybridized carbons (Fsp3) is 0.261. The number of amides is 1. The molecule has 3 aromatic rings. The van der Waals surface area contributed by atoms with Crippen molar-refractivity contribution < 1.29 is 4.79 Å². The Morgan fingerprint density at radius 1 is 1.07 bits per heavy atom. The third-order valence-electron chi connectivity index (χ3n) is 4.92. The van der Waals surface area contributed by atoms with E-state index in [1.165, 1.54) is 10.7 Å². The van der Waals surface area contributed by atoms with Gasteiger partial charge in [0.25, 0.3) is 5.56 Å². The quantitative estimate of drug-likeness (QED) is 0.639. The number of benzene rings is 2. The highest BCUT2D eigenvalue weighted by Crippen LogP contribution is 2.24. The van der Waals surface area contributed by atoms with Crippen LogP contribution in [0.3, 0.4) is 0 Å².